The first-order valence-corrected chi connectivity index (χ1v) is 7.93. The third-order valence-corrected chi connectivity index (χ3v) is 4.38. The standard InChI is InChI=1S/C13H18O4S/c1-18(15,16)12-6-2-4-10(8-12)13(14)11-5-3-7-17-9-11/h2,4,6,8,11,13-14H,3,5,7,9H2,1H3. The van der Waals surface area contributed by atoms with Gasteiger partial charge in [0.1, 0.15) is 0 Å². The summed E-state index contributed by atoms with van der Waals surface area (Å²) < 4.78 is 28.3. The lowest BCUT2D eigenvalue weighted by Gasteiger charge is -2.27. The normalized spacial score (nSPS) is 22.7. The van der Waals surface area contributed by atoms with Gasteiger partial charge in [0.2, 0.25) is 0 Å². The van der Waals surface area contributed by atoms with Crippen LogP contribution in [0, 0.1) is 5.92 Å². The first-order chi connectivity index (χ1) is 8.48. The minimum Gasteiger partial charge on any atom is -0.388 e. The Morgan fingerprint density at radius 2 is 2.22 bits per heavy atom. The van der Waals surface area contributed by atoms with E-state index < -0.39 is 15.9 Å². The van der Waals surface area contributed by atoms with E-state index in [0.717, 1.165) is 19.4 Å². The molecule has 1 heterocycles. The van der Waals surface area contributed by atoms with E-state index in [9.17, 15) is 13.5 Å². The lowest BCUT2D eigenvalue weighted by Crippen LogP contribution is -2.23. The monoisotopic (exact) mass is 270 g/mol. The molecule has 2 atom stereocenters. The molecule has 0 aromatic heterocycles. The van der Waals surface area contributed by atoms with E-state index >= 15 is 0 Å². The third kappa shape index (κ3) is 3.10. The van der Waals surface area contributed by atoms with Crippen molar-refractivity contribution < 1.29 is 18.3 Å². The van der Waals surface area contributed by atoms with Gasteiger partial charge in [0.25, 0.3) is 0 Å². The van der Waals surface area contributed by atoms with Crippen molar-refractivity contribution in [1.29, 1.82) is 0 Å². The molecule has 1 aromatic rings. The fourth-order valence-corrected chi connectivity index (χ4v) is 2.89. The van der Waals surface area contributed by atoms with Crippen molar-refractivity contribution in [3.8, 4) is 0 Å². The second-order valence-electron chi connectivity index (χ2n) is 4.77. The van der Waals surface area contributed by atoms with Crippen LogP contribution in [0.5, 0.6) is 0 Å². The van der Waals surface area contributed by atoms with Crippen molar-refractivity contribution in [2.75, 3.05) is 19.5 Å². The zero-order valence-corrected chi connectivity index (χ0v) is 11.2. The number of aliphatic hydroxyl groups is 1. The van der Waals surface area contributed by atoms with Crippen molar-refractivity contribution in [2.24, 2.45) is 5.92 Å². The lowest BCUT2D eigenvalue weighted by molar-refractivity contribution is -0.0100. The van der Waals surface area contributed by atoms with Gasteiger partial charge in [-0.3, -0.25) is 0 Å². The smallest absolute Gasteiger partial charge is 0.175 e. The quantitative estimate of drug-likeness (QED) is 0.905. The fourth-order valence-electron chi connectivity index (χ4n) is 2.22. The Balaban J connectivity index is 2.22. The van der Waals surface area contributed by atoms with Gasteiger partial charge in [0.05, 0.1) is 17.6 Å². The van der Waals surface area contributed by atoms with Crippen LogP contribution in [0.3, 0.4) is 0 Å². The van der Waals surface area contributed by atoms with E-state index in [-0.39, 0.29) is 10.8 Å². The molecule has 4 nitrogen and oxygen atoms in total. The number of hydrogen-bond donors (Lipinski definition) is 1. The van der Waals surface area contributed by atoms with Crippen LogP contribution in [0.1, 0.15) is 24.5 Å². The number of rotatable bonds is 3. The van der Waals surface area contributed by atoms with Crippen molar-refractivity contribution in [2.45, 2.75) is 23.8 Å². The van der Waals surface area contributed by atoms with E-state index in [0.29, 0.717) is 12.2 Å². The third-order valence-electron chi connectivity index (χ3n) is 3.27. The summed E-state index contributed by atoms with van der Waals surface area (Å²) in [4.78, 5) is 0.246. The molecule has 5 heteroatoms. The van der Waals surface area contributed by atoms with E-state index in [1.54, 1.807) is 24.3 Å². The minimum absolute atomic E-state index is 0.0496. The molecule has 0 amide bonds. The second kappa shape index (κ2) is 5.38. The van der Waals surface area contributed by atoms with Gasteiger partial charge in [-0.15, -0.1) is 0 Å². The van der Waals surface area contributed by atoms with Crippen LogP contribution in [-0.4, -0.2) is 33.0 Å². The highest BCUT2D eigenvalue weighted by Crippen LogP contribution is 2.29. The van der Waals surface area contributed by atoms with Crippen LogP contribution in [0.4, 0.5) is 0 Å². The molecule has 0 bridgehead atoms. The SMILES string of the molecule is CS(=O)(=O)c1cccc(C(O)C2CCCOC2)c1. The van der Waals surface area contributed by atoms with Crippen LogP contribution in [0.25, 0.3) is 0 Å². The Morgan fingerprint density at radius 3 is 2.83 bits per heavy atom. The first kappa shape index (κ1) is 13.5. The Hall–Kier alpha value is -0.910. The molecule has 2 unspecified atom stereocenters. The van der Waals surface area contributed by atoms with Crippen molar-refractivity contribution in [3.63, 3.8) is 0 Å². The van der Waals surface area contributed by atoms with Gasteiger partial charge >= 0.3 is 0 Å². The number of ether oxygens (including phenoxy) is 1. The average Bonchev–Trinajstić information content (AvgIpc) is 2.38. The van der Waals surface area contributed by atoms with Crippen molar-refractivity contribution >= 4 is 9.84 Å². The summed E-state index contributed by atoms with van der Waals surface area (Å²) in [6.45, 7) is 1.27. The Kier molecular flexibility index (Phi) is 4.04. The minimum atomic E-state index is -3.23. The summed E-state index contributed by atoms with van der Waals surface area (Å²) in [5.41, 5.74) is 0.647. The molecular formula is C13H18O4S. The van der Waals surface area contributed by atoms with Gasteiger partial charge in [0.15, 0.2) is 9.84 Å². The van der Waals surface area contributed by atoms with E-state index in [2.05, 4.69) is 0 Å². The summed E-state index contributed by atoms with van der Waals surface area (Å²) in [5.74, 6) is 0.0496. The van der Waals surface area contributed by atoms with Gasteiger partial charge < -0.3 is 9.84 Å². The van der Waals surface area contributed by atoms with Gasteiger partial charge in [0, 0.05) is 18.8 Å². The molecule has 0 radical (unpaired) electrons. The number of aliphatic hydroxyl groups excluding tert-OH is 1. The molecule has 18 heavy (non-hydrogen) atoms. The highest BCUT2D eigenvalue weighted by Gasteiger charge is 2.24. The fraction of sp³-hybridized carbons (Fsp3) is 0.538. The Morgan fingerprint density at radius 1 is 1.44 bits per heavy atom. The van der Waals surface area contributed by atoms with Gasteiger partial charge in [-0.05, 0) is 30.5 Å². The Bertz CT molecular complexity index is 503. The van der Waals surface area contributed by atoms with Crippen molar-refractivity contribution in [1.82, 2.24) is 0 Å². The van der Waals surface area contributed by atoms with Crippen LogP contribution >= 0.6 is 0 Å². The van der Waals surface area contributed by atoms with Crippen LogP contribution in [0.2, 0.25) is 0 Å². The highest BCUT2D eigenvalue weighted by molar-refractivity contribution is 7.90. The molecule has 0 saturated carbocycles. The van der Waals surface area contributed by atoms with Crippen LogP contribution in [0.15, 0.2) is 29.2 Å². The molecule has 1 fully saturated rings. The number of hydrogen-bond acceptors (Lipinski definition) is 4. The zero-order chi connectivity index (χ0) is 13.2. The van der Waals surface area contributed by atoms with Crippen molar-refractivity contribution in [3.05, 3.63) is 29.8 Å². The highest BCUT2D eigenvalue weighted by atomic mass is 32.2. The molecular weight excluding hydrogens is 252 g/mol. The van der Waals surface area contributed by atoms with E-state index in [4.69, 9.17) is 4.74 Å². The maximum Gasteiger partial charge on any atom is 0.175 e. The maximum atomic E-state index is 11.5. The molecule has 1 saturated heterocycles. The summed E-state index contributed by atoms with van der Waals surface area (Å²) in [6, 6.07) is 6.52. The topological polar surface area (TPSA) is 63.6 Å². The lowest BCUT2D eigenvalue weighted by atomic mass is 9.91. The summed E-state index contributed by atoms with van der Waals surface area (Å²) >= 11 is 0. The van der Waals surface area contributed by atoms with Crippen LogP contribution < -0.4 is 0 Å². The summed E-state index contributed by atoms with van der Waals surface area (Å²) in [5, 5.41) is 10.3. The molecule has 1 aromatic carbocycles. The zero-order valence-electron chi connectivity index (χ0n) is 10.4. The average molecular weight is 270 g/mol. The molecule has 1 N–H and O–H groups in total. The van der Waals surface area contributed by atoms with Gasteiger partial charge in [-0.25, -0.2) is 8.42 Å². The second-order valence-corrected chi connectivity index (χ2v) is 6.78. The van der Waals surface area contributed by atoms with E-state index in [1.807, 2.05) is 0 Å². The molecule has 100 valence electrons. The molecule has 1 aliphatic heterocycles. The van der Waals surface area contributed by atoms with E-state index in [1.165, 1.54) is 6.26 Å². The number of sulfone groups is 1. The van der Waals surface area contributed by atoms with Crippen LogP contribution in [-0.2, 0) is 14.6 Å². The predicted molar refractivity (Wildman–Crippen MR) is 68.1 cm³/mol. The van der Waals surface area contributed by atoms with Gasteiger partial charge in [-0.1, -0.05) is 12.1 Å². The molecule has 0 spiro atoms. The number of benzene rings is 1. The van der Waals surface area contributed by atoms with Gasteiger partial charge in [-0.2, -0.15) is 0 Å². The first-order valence-electron chi connectivity index (χ1n) is 6.04. The summed E-state index contributed by atoms with van der Waals surface area (Å²) in [6.07, 6.45) is 2.35. The maximum absolute atomic E-state index is 11.5. The molecule has 1 aliphatic rings. The molecule has 2 rings (SSSR count). The Labute approximate surface area is 108 Å². The summed E-state index contributed by atoms with van der Waals surface area (Å²) in [7, 11) is -3.23. The molecule has 0 aliphatic carbocycles. The predicted octanol–water partition coefficient (Wildman–Crippen LogP) is 1.55. The largest absolute Gasteiger partial charge is 0.388 e.